The average Bonchev–Trinajstić information content (AvgIpc) is 2.99. The lowest BCUT2D eigenvalue weighted by Crippen LogP contribution is -2.36. The summed E-state index contributed by atoms with van der Waals surface area (Å²) in [7, 11) is 1.62. The third kappa shape index (κ3) is 2.93. The number of aryl methyl sites for hydroxylation is 1. The standard InChI is InChI=1S/C21H21N3O3/c1-13-5-3-7-16-19(13)21(26)22-9-10-24(16)18(25)11-14-12-23-15-6-4-8-17(27-2)20(14)15/h3-8,12,23H,9-11H2,1-2H3,(H,22,26). The summed E-state index contributed by atoms with van der Waals surface area (Å²) in [6, 6.07) is 11.4. The molecule has 3 aromatic rings. The molecule has 0 fully saturated rings. The van der Waals surface area contributed by atoms with Gasteiger partial charge in [0.2, 0.25) is 5.91 Å². The summed E-state index contributed by atoms with van der Waals surface area (Å²) < 4.78 is 5.46. The number of methoxy groups -OCH3 is 1. The van der Waals surface area contributed by atoms with Crippen LogP contribution in [0.4, 0.5) is 5.69 Å². The first kappa shape index (κ1) is 17.1. The van der Waals surface area contributed by atoms with Crippen LogP contribution in [-0.2, 0) is 11.2 Å². The molecule has 27 heavy (non-hydrogen) atoms. The number of aromatic amines is 1. The van der Waals surface area contributed by atoms with Crippen molar-refractivity contribution in [1.82, 2.24) is 10.3 Å². The predicted octanol–water partition coefficient (Wildman–Crippen LogP) is 2.80. The number of hydrogen-bond donors (Lipinski definition) is 2. The summed E-state index contributed by atoms with van der Waals surface area (Å²) in [4.78, 5) is 30.5. The lowest BCUT2D eigenvalue weighted by atomic mass is 10.0. The van der Waals surface area contributed by atoms with Crippen LogP contribution >= 0.6 is 0 Å². The van der Waals surface area contributed by atoms with Crippen LogP contribution in [0.2, 0.25) is 0 Å². The maximum absolute atomic E-state index is 13.2. The number of fused-ring (bicyclic) bond motifs is 2. The third-order valence-electron chi connectivity index (χ3n) is 5.00. The van der Waals surface area contributed by atoms with Crippen LogP contribution in [0.5, 0.6) is 5.75 Å². The molecule has 1 aromatic heterocycles. The van der Waals surface area contributed by atoms with Gasteiger partial charge in [-0.1, -0.05) is 18.2 Å². The maximum atomic E-state index is 13.2. The number of H-pyrrole nitrogens is 1. The number of carbonyl (C=O) groups is 2. The summed E-state index contributed by atoms with van der Waals surface area (Å²) in [6.45, 7) is 2.76. The largest absolute Gasteiger partial charge is 0.496 e. The van der Waals surface area contributed by atoms with Gasteiger partial charge in [0.25, 0.3) is 5.91 Å². The van der Waals surface area contributed by atoms with E-state index in [0.717, 1.165) is 27.8 Å². The molecule has 0 bridgehead atoms. The number of carbonyl (C=O) groups excluding carboxylic acids is 2. The summed E-state index contributed by atoms with van der Waals surface area (Å²) >= 11 is 0. The van der Waals surface area contributed by atoms with Crippen molar-refractivity contribution in [2.75, 3.05) is 25.1 Å². The highest BCUT2D eigenvalue weighted by atomic mass is 16.5. The molecule has 2 heterocycles. The van der Waals surface area contributed by atoms with Gasteiger partial charge in [-0.2, -0.15) is 0 Å². The van der Waals surface area contributed by atoms with Crippen LogP contribution in [0, 0.1) is 6.92 Å². The predicted molar refractivity (Wildman–Crippen MR) is 104 cm³/mol. The zero-order valence-corrected chi connectivity index (χ0v) is 15.3. The van der Waals surface area contributed by atoms with Crippen LogP contribution in [0.3, 0.4) is 0 Å². The van der Waals surface area contributed by atoms with E-state index in [0.29, 0.717) is 24.3 Å². The molecule has 2 N–H and O–H groups in total. The number of benzene rings is 2. The van der Waals surface area contributed by atoms with E-state index in [-0.39, 0.29) is 18.2 Å². The van der Waals surface area contributed by atoms with Crippen LogP contribution in [-0.4, -0.2) is 37.0 Å². The van der Waals surface area contributed by atoms with E-state index in [2.05, 4.69) is 10.3 Å². The molecule has 2 amide bonds. The molecule has 2 aromatic carbocycles. The molecule has 6 nitrogen and oxygen atoms in total. The van der Waals surface area contributed by atoms with Crippen molar-refractivity contribution in [2.24, 2.45) is 0 Å². The number of nitrogens with zero attached hydrogens (tertiary/aromatic N) is 1. The number of ether oxygens (including phenoxy) is 1. The number of nitrogens with one attached hydrogen (secondary N) is 2. The van der Waals surface area contributed by atoms with E-state index in [1.165, 1.54) is 0 Å². The lowest BCUT2D eigenvalue weighted by Gasteiger charge is -2.22. The van der Waals surface area contributed by atoms with E-state index < -0.39 is 0 Å². The summed E-state index contributed by atoms with van der Waals surface area (Å²) in [5.74, 6) is 0.554. The Balaban J connectivity index is 1.71. The van der Waals surface area contributed by atoms with Crippen LogP contribution in [0.25, 0.3) is 10.9 Å². The minimum absolute atomic E-state index is 0.0508. The Morgan fingerprint density at radius 3 is 2.85 bits per heavy atom. The van der Waals surface area contributed by atoms with Gasteiger partial charge in [-0.05, 0) is 36.2 Å². The first-order chi connectivity index (χ1) is 13.1. The zero-order chi connectivity index (χ0) is 19.0. The van der Waals surface area contributed by atoms with E-state index in [4.69, 9.17) is 4.74 Å². The summed E-state index contributed by atoms with van der Waals surface area (Å²) in [5, 5.41) is 3.79. The SMILES string of the molecule is COc1cccc2[nH]cc(CC(=O)N3CCNC(=O)c4c(C)cccc43)c12. The normalized spacial score (nSPS) is 13.9. The second-order valence-electron chi connectivity index (χ2n) is 6.64. The molecule has 1 aliphatic rings. The van der Waals surface area contributed by atoms with Crippen molar-refractivity contribution in [3.05, 3.63) is 59.3 Å². The quantitative estimate of drug-likeness (QED) is 0.751. The van der Waals surface area contributed by atoms with Crippen molar-refractivity contribution in [1.29, 1.82) is 0 Å². The fraction of sp³-hybridized carbons (Fsp3) is 0.238. The molecule has 0 saturated carbocycles. The molecule has 4 rings (SSSR count). The number of aromatic nitrogens is 1. The van der Waals surface area contributed by atoms with Crippen molar-refractivity contribution in [3.8, 4) is 5.75 Å². The molecule has 1 aliphatic heterocycles. The van der Waals surface area contributed by atoms with Crippen molar-refractivity contribution in [3.63, 3.8) is 0 Å². The molecule has 0 radical (unpaired) electrons. The fourth-order valence-electron chi connectivity index (χ4n) is 3.71. The second-order valence-corrected chi connectivity index (χ2v) is 6.64. The Hall–Kier alpha value is -3.28. The zero-order valence-electron chi connectivity index (χ0n) is 15.3. The summed E-state index contributed by atoms with van der Waals surface area (Å²) in [6.07, 6.45) is 2.07. The number of rotatable bonds is 3. The molecule has 6 heteroatoms. The molecule has 0 aliphatic carbocycles. The van der Waals surface area contributed by atoms with Gasteiger partial charge in [0.15, 0.2) is 0 Å². The highest BCUT2D eigenvalue weighted by molar-refractivity contribution is 6.07. The van der Waals surface area contributed by atoms with Gasteiger partial charge in [0, 0.05) is 30.2 Å². The molecule has 0 saturated heterocycles. The maximum Gasteiger partial charge on any atom is 0.253 e. The molecule has 138 valence electrons. The molecular formula is C21H21N3O3. The first-order valence-corrected chi connectivity index (χ1v) is 8.91. The van der Waals surface area contributed by atoms with Gasteiger partial charge < -0.3 is 19.9 Å². The van der Waals surface area contributed by atoms with Crippen molar-refractivity contribution < 1.29 is 14.3 Å². The van der Waals surface area contributed by atoms with Crippen LogP contribution < -0.4 is 15.0 Å². The number of amides is 2. The number of hydrogen-bond acceptors (Lipinski definition) is 3. The van der Waals surface area contributed by atoms with Crippen LogP contribution in [0.15, 0.2) is 42.6 Å². The van der Waals surface area contributed by atoms with Gasteiger partial charge in [-0.3, -0.25) is 9.59 Å². The Kier molecular flexibility index (Phi) is 4.32. The van der Waals surface area contributed by atoms with E-state index in [1.54, 1.807) is 12.0 Å². The van der Waals surface area contributed by atoms with Crippen molar-refractivity contribution in [2.45, 2.75) is 13.3 Å². The van der Waals surface area contributed by atoms with Crippen LogP contribution in [0.1, 0.15) is 21.5 Å². The average molecular weight is 363 g/mol. The molecule has 0 spiro atoms. The second kappa shape index (κ2) is 6.79. The fourth-order valence-corrected chi connectivity index (χ4v) is 3.71. The molecule has 0 atom stereocenters. The Labute approximate surface area is 157 Å². The lowest BCUT2D eigenvalue weighted by molar-refractivity contribution is -0.117. The minimum atomic E-state index is -0.132. The van der Waals surface area contributed by atoms with E-state index in [1.807, 2.05) is 49.5 Å². The molecule has 0 unspecified atom stereocenters. The Morgan fingerprint density at radius 1 is 1.22 bits per heavy atom. The minimum Gasteiger partial charge on any atom is -0.496 e. The van der Waals surface area contributed by atoms with Gasteiger partial charge in [-0.15, -0.1) is 0 Å². The Bertz CT molecular complexity index is 1040. The topological polar surface area (TPSA) is 74.4 Å². The van der Waals surface area contributed by atoms with Crippen molar-refractivity contribution >= 4 is 28.4 Å². The van der Waals surface area contributed by atoms with E-state index in [9.17, 15) is 9.59 Å². The van der Waals surface area contributed by atoms with Gasteiger partial charge in [-0.25, -0.2) is 0 Å². The van der Waals surface area contributed by atoms with Gasteiger partial charge in [0.1, 0.15) is 5.75 Å². The smallest absolute Gasteiger partial charge is 0.253 e. The van der Waals surface area contributed by atoms with Gasteiger partial charge >= 0.3 is 0 Å². The monoisotopic (exact) mass is 363 g/mol. The van der Waals surface area contributed by atoms with E-state index >= 15 is 0 Å². The number of anilines is 1. The molecular weight excluding hydrogens is 342 g/mol. The van der Waals surface area contributed by atoms with Gasteiger partial charge in [0.05, 0.1) is 24.8 Å². The first-order valence-electron chi connectivity index (χ1n) is 8.91. The third-order valence-corrected chi connectivity index (χ3v) is 5.00. The Morgan fingerprint density at radius 2 is 2.04 bits per heavy atom. The highest BCUT2D eigenvalue weighted by Crippen LogP contribution is 2.30. The highest BCUT2D eigenvalue weighted by Gasteiger charge is 2.26. The summed E-state index contributed by atoms with van der Waals surface area (Å²) in [5.41, 5.74) is 3.91.